The average molecular weight is 262 g/mol. The fourth-order valence-corrected chi connectivity index (χ4v) is 1.85. The molecule has 1 aliphatic rings. The molecule has 1 aromatic heterocycles. The largest absolute Gasteiger partial charge is 0.394 e. The maximum absolute atomic E-state index is 14.4. The van der Waals surface area contributed by atoms with Gasteiger partial charge >= 0.3 is 5.69 Å². The lowest BCUT2D eigenvalue weighted by molar-refractivity contribution is -0.204. The highest BCUT2D eigenvalue weighted by Gasteiger charge is 2.49. The van der Waals surface area contributed by atoms with Crippen LogP contribution in [-0.4, -0.2) is 33.5 Å². The van der Waals surface area contributed by atoms with Gasteiger partial charge in [-0.2, -0.15) is 4.39 Å². The van der Waals surface area contributed by atoms with E-state index in [4.69, 9.17) is 9.84 Å². The predicted octanol–water partition coefficient (Wildman–Crippen LogP) is -0.456. The molecule has 1 aliphatic heterocycles. The molecule has 2 heterocycles. The Hall–Kier alpha value is -1.54. The standard InChI is InChI=1S/C10H12F2N2O4/c1-5-3-14(9(17)13-8(5)16)10(12)2-6(11)7(4-15)18-10/h3,6-7,15H,2,4H2,1H3,(H,13,16,17)/t6-,7+,10-/m0/s1. The lowest BCUT2D eigenvalue weighted by atomic mass is 10.2. The predicted molar refractivity (Wildman–Crippen MR) is 56.6 cm³/mol. The molecule has 0 spiro atoms. The number of halogens is 2. The lowest BCUT2D eigenvalue weighted by Crippen LogP contribution is -2.42. The van der Waals surface area contributed by atoms with E-state index in [1.807, 2.05) is 4.98 Å². The van der Waals surface area contributed by atoms with E-state index in [1.54, 1.807) is 0 Å². The molecule has 0 aliphatic carbocycles. The van der Waals surface area contributed by atoms with Crippen LogP contribution in [0.3, 0.4) is 0 Å². The number of aromatic amines is 1. The summed E-state index contributed by atoms with van der Waals surface area (Å²) in [5.74, 6) is -2.70. The van der Waals surface area contributed by atoms with Crippen molar-refractivity contribution in [2.24, 2.45) is 0 Å². The summed E-state index contributed by atoms with van der Waals surface area (Å²) in [5.41, 5.74) is -1.58. The lowest BCUT2D eigenvalue weighted by Gasteiger charge is -2.21. The van der Waals surface area contributed by atoms with Crippen molar-refractivity contribution in [1.29, 1.82) is 0 Å². The van der Waals surface area contributed by atoms with Gasteiger partial charge in [0.1, 0.15) is 12.3 Å². The quantitative estimate of drug-likeness (QED) is 0.755. The van der Waals surface area contributed by atoms with E-state index in [9.17, 15) is 18.4 Å². The fraction of sp³-hybridized carbons (Fsp3) is 0.600. The minimum Gasteiger partial charge on any atom is -0.394 e. The van der Waals surface area contributed by atoms with Gasteiger partial charge in [0.25, 0.3) is 11.5 Å². The SMILES string of the molecule is Cc1cn([C@@]2(F)C[C@H](F)[C@@H](CO)O2)c(=O)[nH]c1=O. The Bertz CT molecular complexity index is 570. The number of rotatable bonds is 2. The first-order valence-corrected chi connectivity index (χ1v) is 5.32. The highest BCUT2D eigenvalue weighted by molar-refractivity contribution is 5.03. The molecule has 100 valence electrons. The average Bonchev–Trinajstić information content (AvgIpc) is 2.59. The number of ether oxygens (including phenoxy) is 1. The van der Waals surface area contributed by atoms with E-state index in [0.717, 1.165) is 6.20 Å². The Morgan fingerprint density at radius 2 is 2.33 bits per heavy atom. The van der Waals surface area contributed by atoms with Crippen LogP contribution in [0.25, 0.3) is 0 Å². The monoisotopic (exact) mass is 262 g/mol. The second kappa shape index (κ2) is 4.29. The molecule has 3 atom stereocenters. The van der Waals surface area contributed by atoms with Gasteiger partial charge in [-0.25, -0.2) is 13.8 Å². The van der Waals surface area contributed by atoms with E-state index in [-0.39, 0.29) is 5.56 Å². The Morgan fingerprint density at radius 3 is 2.89 bits per heavy atom. The second-order valence-corrected chi connectivity index (χ2v) is 4.19. The summed E-state index contributed by atoms with van der Waals surface area (Å²) in [6.45, 7) is 0.688. The maximum atomic E-state index is 14.4. The minimum absolute atomic E-state index is 0.0954. The number of alkyl halides is 2. The van der Waals surface area contributed by atoms with Gasteiger partial charge in [0, 0.05) is 11.8 Å². The number of nitrogens with one attached hydrogen (secondary N) is 1. The van der Waals surface area contributed by atoms with Crippen molar-refractivity contribution in [3.05, 3.63) is 32.6 Å². The molecule has 0 bridgehead atoms. The smallest absolute Gasteiger partial charge is 0.332 e. The van der Waals surface area contributed by atoms with Crippen molar-refractivity contribution in [2.75, 3.05) is 6.61 Å². The molecule has 1 saturated heterocycles. The number of aliphatic hydroxyl groups excluding tert-OH is 1. The van der Waals surface area contributed by atoms with E-state index in [2.05, 4.69) is 0 Å². The number of H-pyrrole nitrogens is 1. The molecule has 1 aromatic rings. The highest BCUT2D eigenvalue weighted by atomic mass is 19.2. The van der Waals surface area contributed by atoms with Gasteiger partial charge in [-0.05, 0) is 6.92 Å². The Balaban J connectivity index is 2.47. The number of nitrogens with zero attached hydrogens (tertiary/aromatic N) is 1. The van der Waals surface area contributed by atoms with Gasteiger partial charge < -0.3 is 9.84 Å². The van der Waals surface area contributed by atoms with Crippen LogP contribution in [0.1, 0.15) is 12.0 Å². The van der Waals surface area contributed by atoms with E-state index in [1.165, 1.54) is 6.92 Å². The Kier molecular flexibility index (Phi) is 3.07. The molecule has 6 nitrogen and oxygen atoms in total. The molecule has 0 amide bonds. The highest BCUT2D eigenvalue weighted by Crippen LogP contribution is 2.36. The zero-order chi connectivity index (χ0) is 13.5. The van der Waals surface area contributed by atoms with Gasteiger partial charge in [-0.1, -0.05) is 0 Å². The van der Waals surface area contributed by atoms with Gasteiger partial charge in [0.2, 0.25) is 0 Å². The molecule has 0 aromatic carbocycles. The second-order valence-electron chi connectivity index (χ2n) is 4.19. The van der Waals surface area contributed by atoms with Crippen molar-refractivity contribution in [3.63, 3.8) is 0 Å². The molecule has 2 N–H and O–H groups in total. The van der Waals surface area contributed by atoms with Crippen LogP contribution in [0.4, 0.5) is 8.78 Å². The Morgan fingerprint density at radius 1 is 1.67 bits per heavy atom. The summed E-state index contributed by atoms with van der Waals surface area (Å²) < 4.78 is 33.0. The number of hydrogen-bond donors (Lipinski definition) is 2. The summed E-state index contributed by atoms with van der Waals surface area (Å²) in [5, 5.41) is 8.81. The molecule has 2 rings (SSSR count). The number of aromatic nitrogens is 2. The van der Waals surface area contributed by atoms with Gasteiger partial charge in [-0.15, -0.1) is 0 Å². The van der Waals surface area contributed by atoms with Crippen LogP contribution < -0.4 is 11.2 Å². The summed E-state index contributed by atoms with van der Waals surface area (Å²) in [6, 6.07) is 0. The van der Waals surface area contributed by atoms with E-state index in [0.29, 0.717) is 4.57 Å². The molecule has 8 heteroatoms. The maximum Gasteiger partial charge on any atom is 0.332 e. The van der Waals surface area contributed by atoms with Gasteiger partial charge in [-0.3, -0.25) is 9.78 Å². The van der Waals surface area contributed by atoms with Crippen LogP contribution >= 0.6 is 0 Å². The van der Waals surface area contributed by atoms with Crippen LogP contribution in [0, 0.1) is 6.92 Å². The molecular formula is C10H12F2N2O4. The molecular weight excluding hydrogens is 250 g/mol. The van der Waals surface area contributed by atoms with Crippen molar-refractivity contribution in [1.82, 2.24) is 9.55 Å². The summed E-state index contributed by atoms with van der Waals surface area (Å²) in [7, 11) is 0. The van der Waals surface area contributed by atoms with E-state index < -0.39 is 42.5 Å². The van der Waals surface area contributed by atoms with Crippen molar-refractivity contribution in [3.8, 4) is 0 Å². The molecule has 1 fully saturated rings. The van der Waals surface area contributed by atoms with E-state index >= 15 is 0 Å². The summed E-state index contributed by atoms with van der Waals surface area (Å²) in [6.07, 6.45) is -2.80. The van der Waals surface area contributed by atoms with Crippen molar-refractivity contribution < 1.29 is 18.6 Å². The molecule has 0 unspecified atom stereocenters. The normalized spacial score (nSPS) is 31.8. The van der Waals surface area contributed by atoms with Gasteiger partial charge in [0.05, 0.1) is 13.0 Å². The number of aryl methyl sites for hydroxylation is 1. The van der Waals surface area contributed by atoms with Gasteiger partial charge in [0.15, 0.2) is 0 Å². The van der Waals surface area contributed by atoms with Crippen LogP contribution in [0.15, 0.2) is 15.8 Å². The summed E-state index contributed by atoms with van der Waals surface area (Å²) in [4.78, 5) is 24.5. The third kappa shape index (κ3) is 1.97. The fourth-order valence-electron chi connectivity index (χ4n) is 1.85. The first-order valence-electron chi connectivity index (χ1n) is 5.32. The number of hydrogen-bond acceptors (Lipinski definition) is 4. The molecule has 18 heavy (non-hydrogen) atoms. The number of aliphatic hydroxyl groups is 1. The zero-order valence-corrected chi connectivity index (χ0v) is 9.52. The van der Waals surface area contributed by atoms with Crippen LogP contribution in [0.2, 0.25) is 0 Å². The van der Waals surface area contributed by atoms with Crippen molar-refractivity contribution in [2.45, 2.75) is 31.6 Å². The molecule has 0 radical (unpaired) electrons. The first kappa shape index (κ1) is 12.9. The Labute approximate surface area is 99.8 Å². The van der Waals surface area contributed by atoms with Crippen molar-refractivity contribution >= 4 is 0 Å². The minimum atomic E-state index is -2.70. The third-order valence-corrected chi connectivity index (χ3v) is 2.84. The zero-order valence-electron chi connectivity index (χ0n) is 9.52. The topological polar surface area (TPSA) is 84.3 Å². The van der Waals surface area contributed by atoms with Crippen LogP contribution in [-0.2, 0) is 10.7 Å². The van der Waals surface area contributed by atoms with Crippen LogP contribution in [0.5, 0.6) is 0 Å². The first-order chi connectivity index (χ1) is 8.37. The third-order valence-electron chi connectivity index (χ3n) is 2.84. The summed E-state index contributed by atoms with van der Waals surface area (Å²) >= 11 is 0. The molecule has 0 saturated carbocycles.